The van der Waals surface area contributed by atoms with Crippen LogP contribution < -0.4 is 15.4 Å². The van der Waals surface area contributed by atoms with E-state index in [1.807, 2.05) is 0 Å². The first-order valence-electron chi connectivity index (χ1n) is 5.67. The van der Waals surface area contributed by atoms with Crippen LogP contribution >= 0.6 is 23.2 Å². The fourth-order valence-corrected chi connectivity index (χ4v) is 2.45. The average Bonchev–Trinajstić information content (AvgIpc) is 2.84. The molecule has 0 radical (unpaired) electrons. The third-order valence-electron chi connectivity index (χ3n) is 2.89. The molecule has 2 rings (SSSR count). The maximum Gasteiger partial charge on any atom is 0.256 e. The molecule has 1 aliphatic heterocycles. The molecule has 1 fully saturated rings. The van der Waals surface area contributed by atoms with Crippen molar-refractivity contribution in [1.82, 2.24) is 10.6 Å². The van der Waals surface area contributed by atoms with Crippen molar-refractivity contribution in [2.45, 2.75) is 12.5 Å². The van der Waals surface area contributed by atoms with Crippen molar-refractivity contribution in [1.29, 1.82) is 0 Å². The third-order valence-corrected chi connectivity index (χ3v) is 3.50. The maximum atomic E-state index is 12.2. The molecule has 1 aromatic carbocycles. The Labute approximate surface area is 116 Å². The molecule has 1 heterocycles. The molecule has 1 unspecified atom stereocenters. The summed E-state index contributed by atoms with van der Waals surface area (Å²) in [6, 6.07) is 3.32. The Morgan fingerprint density at radius 3 is 2.78 bits per heavy atom. The first-order valence-corrected chi connectivity index (χ1v) is 6.42. The standard InChI is InChI=1S/C12H14Cl2N2O2/c1-18-11-9(14)3-2-8(13)10(11)12(17)16-7-4-5-15-6-7/h2-3,7,15H,4-6H2,1H3,(H,16,17). The van der Waals surface area contributed by atoms with Gasteiger partial charge in [-0.15, -0.1) is 0 Å². The molecule has 18 heavy (non-hydrogen) atoms. The molecule has 0 saturated carbocycles. The van der Waals surface area contributed by atoms with E-state index in [1.54, 1.807) is 12.1 Å². The minimum absolute atomic E-state index is 0.122. The van der Waals surface area contributed by atoms with Crippen LogP contribution in [0.5, 0.6) is 5.75 Å². The highest BCUT2D eigenvalue weighted by Gasteiger charge is 2.23. The Morgan fingerprint density at radius 1 is 1.44 bits per heavy atom. The van der Waals surface area contributed by atoms with Crippen molar-refractivity contribution in [2.24, 2.45) is 0 Å². The van der Waals surface area contributed by atoms with Crippen molar-refractivity contribution >= 4 is 29.1 Å². The molecule has 98 valence electrons. The van der Waals surface area contributed by atoms with Gasteiger partial charge in [0.1, 0.15) is 5.56 Å². The van der Waals surface area contributed by atoms with Gasteiger partial charge in [-0.05, 0) is 25.1 Å². The summed E-state index contributed by atoms with van der Waals surface area (Å²) in [4.78, 5) is 12.2. The summed E-state index contributed by atoms with van der Waals surface area (Å²) in [6.07, 6.45) is 0.909. The summed E-state index contributed by atoms with van der Waals surface area (Å²) in [5.41, 5.74) is 0.290. The predicted octanol–water partition coefficient (Wildman–Crippen LogP) is 2.09. The number of amides is 1. The summed E-state index contributed by atoms with van der Waals surface area (Å²) >= 11 is 12.0. The molecule has 1 atom stereocenters. The van der Waals surface area contributed by atoms with E-state index < -0.39 is 0 Å². The summed E-state index contributed by atoms with van der Waals surface area (Å²) < 4.78 is 5.15. The molecule has 0 bridgehead atoms. The van der Waals surface area contributed by atoms with Crippen molar-refractivity contribution in [3.63, 3.8) is 0 Å². The van der Waals surface area contributed by atoms with Crippen LogP contribution in [0.1, 0.15) is 16.8 Å². The Bertz CT molecular complexity index is 460. The Kier molecular flexibility index (Phi) is 4.32. The topological polar surface area (TPSA) is 50.4 Å². The molecular formula is C12H14Cl2N2O2. The first-order chi connectivity index (χ1) is 8.63. The molecule has 0 spiro atoms. The fraction of sp³-hybridized carbons (Fsp3) is 0.417. The van der Waals surface area contributed by atoms with Crippen LogP contribution in [0.15, 0.2) is 12.1 Å². The highest BCUT2D eigenvalue weighted by atomic mass is 35.5. The van der Waals surface area contributed by atoms with Gasteiger partial charge in [-0.1, -0.05) is 23.2 Å². The van der Waals surface area contributed by atoms with Crippen LogP contribution in [-0.2, 0) is 0 Å². The number of halogens is 2. The van der Waals surface area contributed by atoms with Crippen molar-refractivity contribution in [3.05, 3.63) is 27.7 Å². The molecule has 1 aliphatic rings. The highest BCUT2D eigenvalue weighted by Crippen LogP contribution is 2.33. The van der Waals surface area contributed by atoms with Crippen LogP contribution in [0.25, 0.3) is 0 Å². The lowest BCUT2D eigenvalue weighted by Crippen LogP contribution is -2.36. The fourth-order valence-electron chi connectivity index (χ4n) is 1.98. The van der Waals surface area contributed by atoms with Gasteiger partial charge in [0.2, 0.25) is 0 Å². The van der Waals surface area contributed by atoms with E-state index in [2.05, 4.69) is 10.6 Å². The van der Waals surface area contributed by atoms with Crippen LogP contribution in [-0.4, -0.2) is 32.1 Å². The monoisotopic (exact) mass is 288 g/mol. The molecule has 6 heteroatoms. The third kappa shape index (κ3) is 2.71. The van der Waals surface area contributed by atoms with Crippen molar-refractivity contribution in [3.8, 4) is 5.75 Å². The van der Waals surface area contributed by atoms with E-state index >= 15 is 0 Å². The largest absolute Gasteiger partial charge is 0.494 e. The van der Waals surface area contributed by atoms with Crippen LogP contribution in [0.3, 0.4) is 0 Å². The average molecular weight is 289 g/mol. The maximum absolute atomic E-state index is 12.2. The van der Waals surface area contributed by atoms with E-state index in [0.29, 0.717) is 21.4 Å². The van der Waals surface area contributed by atoms with Gasteiger partial charge in [0.05, 0.1) is 17.2 Å². The minimum atomic E-state index is -0.256. The van der Waals surface area contributed by atoms with Gasteiger partial charge in [0.15, 0.2) is 5.75 Å². The zero-order valence-corrected chi connectivity index (χ0v) is 11.4. The highest BCUT2D eigenvalue weighted by molar-refractivity contribution is 6.37. The van der Waals surface area contributed by atoms with Crippen LogP contribution in [0.4, 0.5) is 0 Å². The van der Waals surface area contributed by atoms with E-state index in [1.165, 1.54) is 7.11 Å². The number of hydrogen-bond acceptors (Lipinski definition) is 3. The lowest BCUT2D eigenvalue weighted by molar-refractivity contribution is 0.0937. The number of methoxy groups -OCH3 is 1. The van der Waals surface area contributed by atoms with Gasteiger partial charge in [-0.25, -0.2) is 0 Å². The SMILES string of the molecule is COc1c(Cl)ccc(Cl)c1C(=O)NC1CCNC1. The number of ether oxygens (including phenoxy) is 1. The molecule has 1 saturated heterocycles. The molecular weight excluding hydrogens is 275 g/mol. The number of benzene rings is 1. The zero-order chi connectivity index (χ0) is 13.1. The van der Waals surface area contributed by atoms with Crippen LogP contribution in [0, 0.1) is 0 Å². The van der Waals surface area contributed by atoms with Gasteiger partial charge >= 0.3 is 0 Å². The molecule has 0 aromatic heterocycles. The summed E-state index contributed by atoms with van der Waals surface area (Å²) in [5.74, 6) is 0.0562. The molecule has 0 aliphatic carbocycles. The molecule has 1 aromatic rings. The second kappa shape index (κ2) is 5.78. The number of carbonyl (C=O) groups excluding carboxylic acids is 1. The van der Waals surface area contributed by atoms with E-state index in [9.17, 15) is 4.79 Å². The molecule has 1 amide bonds. The number of nitrogens with one attached hydrogen (secondary N) is 2. The van der Waals surface area contributed by atoms with Gasteiger partial charge in [0, 0.05) is 12.6 Å². The Balaban J connectivity index is 2.25. The van der Waals surface area contributed by atoms with E-state index in [4.69, 9.17) is 27.9 Å². The second-order valence-electron chi connectivity index (χ2n) is 4.10. The summed E-state index contributed by atoms with van der Waals surface area (Å²) in [5, 5.41) is 6.80. The number of hydrogen-bond donors (Lipinski definition) is 2. The van der Waals surface area contributed by atoms with Crippen LogP contribution in [0.2, 0.25) is 10.0 Å². The Hall–Kier alpha value is -0.970. The van der Waals surface area contributed by atoms with Gasteiger partial charge in [0.25, 0.3) is 5.91 Å². The Morgan fingerprint density at radius 2 is 2.17 bits per heavy atom. The van der Waals surface area contributed by atoms with E-state index in [-0.39, 0.29) is 11.9 Å². The predicted molar refractivity (Wildman–Crippen MR) is 71.8 cm³/mol. The van der Waals surface area contributed by atoms with Gasteiger partial charge in [-0.2, -0.15) is 0 Å². The van der Waals surface area contributed by atoms with Crippen molar-refractivity contribution in [2.75, 3.05) is 20.2 Å². The zero-order valence-electron chi connectivity index (χ0n) is 9.93. The normalized spacial score (nSPS) is 18.7. The van der Waals surface area contributed by atoms with Gasteiger partial charge < -0.3 is 15.4 Å². The summed E-state index contributed by atoms with van der Waals surface area (Å²) in [6.45, 7) is 1.68. The minimum Gasteiger partial charge on any atom is -0.494 e. The number of rotatable bonds is 3. The van der Waals surface area contributed by atoms with Gasteiger partial charge in [-0.3, -0.25) is 4.79 Å². The second-order valence-corrected chi connectivity index (χ2v) is 4.92. The quantitative estimate of drug-likeness (QED) is 0.896. The molecule has 4 nitrogen and oxygen atoms in total. The van der Waals surface area contributed by atoms with Crippen molar-refractivity contribution < 1.29 is 9.53 Å². The lowest BCUT2D eigenvalue weighted by atomic mass is 10.1. The smallest absolute Gasteiger partial charge is 0.256 e. The first kappa shape index (κ1) is 13.5. The number of carbonyl (C=O) groups is 1. The lowest BCUT2D eigenvalue weighted by Gasteiger charge is -2.15. The molecule has 2 N–H and O–H groups in total. The van der Waals surface area contributed by atoms with E-state index in [0.717, 1.165) is 19.5 Å². The summed E-state index contributed by atoms with van der Waals surface area (Å²) in [7, 11) is 1.46.